The molecule has 3 rings (SSSR count). The van der Waals surface area contributed by atoms with E-state index >= 15 is 0 Å². The number of aryl methyl sites for hydroxylation is 2. The molecule has 0 saturated heterocycles. The predicted octanol–water partition coefficient (Wildman–Crippen LogP) is 4.21. The Morgan fingerprint density at radius 2 is 1.62 bits per heavy atom. The van der Waals surface area contributed by atoms with Gasteiger partial charge in [-0.05, 0) is 71.8 Å². The molecule has 0 atom stereocenters. The van der Waals surface area contributed by atoms with Crippen LogP contribution in [0.25, 0.3) is 0 Å². The van der Waals surface area contributed by atoms with Crippen LogP contribution in [-0.2, 0) is 20.9 Å². The van der Waals surface area contributed by atoms with E-state index in [1.165, 1.54) is 11.8 Å². The van der Waals surface area contributed by atoms with Crippen molar-refractivity contribution in [3.63, 3.8) is 0 Å². The van der Waals surface area contributed by atoms with Gasteiger partial charge < -0.3 is 15.4 Å². The molecular formula is C29H32N4O4. The van der Waals surface area contributed by atoms with E-state index in [1.807, 2.05) is 56.3 Å². The van der Waals surface area contributed by atoms with Crippen molar-refractivity contribution in [2.45, 2.75) is 40.2 Å². The van der Waals surface area contributed by atoms with Crippen molar-refractivity contribution in [3.8, 4) is 5.75 Å². The minimum Gasteiger partial charge on any atom is -0.484 e. The van der Waals surface area contributed by atoms with Crippen LogP contribution >= 0.6 is 0 Å². The number of rotatable bonds is 9. The minimum atomic E-state index is -0.870. The first-order valence-electron chi connectivity index (χ1n) is 12.0. The third-order valence-electron chi connectivity index (χ3n) is 5.42. The first-order valence-corrected chi connectivity index (χ1v) is 12.0. The van der Waals surface area contributed by atoms with Gasteiger partial charge in [0.05, 0.1) is 6.21 Å². The molecule has 0 unspecified atom stereocenters. The maximum atomic E-state index is 12.2. The number of ether oxygens (including phenoxy) is 1. The molecule has 3 N–H and O–H groups in total. The standard InChI is InChI=1S/C29H32N4O4/c1-19(2)24-10-8-22(9-11-24)16-30-28(35)29(36)33-31-17-23-6-5-7-26(15-23)37-18-27(34)32-25-13-20(3)12-21(4)14-25/h5-15,17,19H,16,18H2,1-4H3,(H,30,35)(H,32,34)(H,33,36)/b31-17-. The van der Waals surface area contributed by atoms with Crippen LogP contribution in [0.3, 0.4) is 0 Å². The van der Waals surface area contributed by atoms with Gasteiger partial charge in [-0.3, -0.25) is 14.4 Å². The maximum absolute atomic E-state index is 12.2. The summed E-state index contributed by atoms with van der Waals surface area (Å²) in [6.07, 6.45) is 1.39. The molecule has 0 aliphatic heterocycles. The van der Waals surface area contributed by atoms with Crippen molar-refractivity contribution in [2.75, 3.05) is 11.9 Å². The summed E-state index contributed by atoms with van der Waals surface area (Å²) in [6, 6.07) is 20.5. The second-order valence-corrected chi connectivity index (χ2v) is 9.06. The fraction of sp³-hybridized carbons (Fsp3) is 0.241. The van der Waals surface area contributed by atoms with Crippen LogP contribution in [-0.4, -0.2) is 30.5 Å². The lowest BCUT2D eigenvalue weighted by Crippen LogP contribution is -2.37. The molecule has 0 saturated carbocycles. The molecule has 0 aliphatic rings. The quantitative estimate of drug-likeness (QED) is 0.232. The predicted molar refractivity (Wildman–Crippen MR) is 145 cm³/mol. The van der Waals surface area contributed by atoms with Gasteiger partial charge >= 0.3 is 11.8 Å². The van der Waals surface area contributed by atoms with Gasteiger partial charge in [-0.2, -0.15) is 5.10 Å². The normalized spacial score (nSPS) is 10.8. The summed E-state index contributed by atoms with van der Waals surface area (Å²) in [5.41, 5.74) is 7.77. The first kappa shape index (κ1) is 27.1. The summed E-state index contributed by atoms with van der Waals surface area (Å²) in [5, 5.41) is 9.23. The number of hydrogen-bond acceptors (Lipinski definition) is 5. The molecule has 0 aliphatic carbocycles. The van der Waals surface area contributed by atoms with Crippen LogP contribution in [0.15, 0.2) is 71.8 Å². The molecule has 192 valence electrons. The van der Waals surface area contributed by atoms with E-state index in [4.69, 9.17) is 4.74 Å². The lowest BCUT2D eigenvalue weighted by Gasteiger charge is -2.09. The Balaban J connectivity index is 1.44. The molecule has 8 heteroatoms. The van der Waals surface area contributed by atoms with Gasteiger partial charge in [-0.25, -0.2) is 5.43 Å². The largest absolute Gasteiger partial charge is 0.484 e. The van der Waals surface area contributed by atoms with Crippen LogP contribution in [0.5, 0.6) is 5.75 Å². The highest BCUT2D eigenvalue weighted by Crippen LogP contribution is 2.16. The molecule has 3 amide bonds. The van der Waals surface area contributed by atoms with Crippen molar-refractivity contribution in [3.05, 3.63) is 94.5 Å². The zero-order chi connectivity index (χ0) is 26.8. The fourth-order valence-electron chi connectivity index (χ4n) is 3.58. The average Bonchev–Trinajstić information content (AvgIpc) is 2.86. The van der Waals surface area contributed by atoms with Gasteiger partial charge in [0.1, 0.15) is 5.75 Å². The Kier molecular flexibility index (Phi) is 9.55. The number of hydrogen-bond donors (Lipinski definition) is 3. The SMILES string of the molecule is Cc1cc(C)cc(NC(=O)COc2cccc(/C=N\NC(=O)C(=O)NCc3ccc(C(C)C)cc3)c2)c1. The highest BCUT2D eigenvalue weighted by Gasteiger charge is 2.12. The highest BCUT2D eigenvalue weighted by molar-refractivity contribution is 6.35. The molecule has 8 nitrogen and oxygen atoms in total. The smallest absolute Gasteiger partial charge is 0.329 e. The summed E-state index contributed by atoms with van der Waals surface area (Å²) in [5.74, 6) is -1.04. The van der Waals surface area contributed by atoms with E-state index in [1.54, 1.807) is 24.3 Å². The molecular weight excluding hydrogens is 468 g/mol. The summed E-state index contributed by atoms with van der Waals surface area (Å²) in [4.78, 5) is 36.3. The molecule has 0 aromatic heterocycles. The van der Waals surface area contributed by atoms with E-state index in [9.17, 15) is 14.4 Å². The van der Waals surface area contributed by atoms with E-state index in [2.05, 4.69) is 35.0 Å². The number of anilines is 1. The third kappa shape index (κ3) is 8.92. The zero-order valence-electron chi connectivity index (χ0n) is 21.5. The van der Waals surface area contributed by atoms with Gasteiger partial charge in [0.15, 0.2) is 6.61 Å². The van der Waals surface area contributed by atoms with Crippen LogP contribution in [0.1, 0.15) is 47.6 Å². The molecule has 0 heterocycles. The maximum Gasteiger partial charge on any atom is 0.329 e. The number of carbonyl (C=O) groups excluding carboxylic acids is 3. The van der Waals surface area contributed by atoms with E-state index in [0.29, 0.717) is 17.2 Å². The highest BCUT2D eigenvalue weighted by atomic mass is 16.5. The minimum absolute atomic E-state index is 0.162. The number of amides is 3. The van der Waals surface area contributed by atoms with Crippen LogP contribution in [0.2, 0.25) is 0 Å². The second kappa shape index (κ2) is 13.0. The number of benzene rings is 3. The van der Waals surface area contributed by atoms with Crippen molar-refractivity contribution >= 4 is 29.6 Å². The molecule has 37 heavy (non-hydrogen) atoms. The lowest BCUT2D eigenvalue weighted by atomic mass is 10.0. The van der Waals surface area contributed by atoms with Crippen LogP contribution in [0.4, 0.5) is 5.69 Å². The summed E-state index contributed by atoms with van der Waals surface area (Å²) >= 11 is 0. The molecule has 0 radical (unpaired) electrons. The van der Waals surface area contributed by atoms with Gasteiger partial charge in [-0.1, -0.05) is 56.3 Å². The van der Waals surface area contributed by atoms with E-state index in [-0.39, 0.29) is 19.1 Å². The summed E-state index contributed by atoms with van der Waals surface area (Å²) in [6.45, 7) is 8.23. The topological polar surface area (TPSA) is 109 Å². The van der Waals surface area contributed by atoms with Gasteiger partial charge in [-0.15, -0.1) is 0 Å². The molecule has 0 bridgehead atoms. The van der Waals surface area contributed by atoms with Crippen molar-refractivity contribution in [2.24, 2.45) is 5.10 Å². The summed E-state index contributed by atoms with van der Waals surface area (Å²) < 4.78 is 5.58. The number of nitrogens with one attached hydrogen (secondary N) is 3. The van der Waals surface area contributed by atoms with Gasteiger partial charge in [0.25, 0.3) is 5.91 Å². The Morgan fingerprint density at radius 3 is 2.30 bits per heavy atom. The van der Waals surface area contributed by atoms with Crippen LogP contribution in [0, 0.1) is 13.8 Å². The van der Waals surface area contributed by atoms with Crippen molar-refractivity contribution in [1.82, 2.24) is 10.7 Å². The fourth-order valence-corrected chi connectivity index (χ4v) is 3.58. The number of hydrazone groups is 1. The second-order valence-electron chi connectivity index (χ2n) is 9.06. The van der Waals surface area contributed by atoms with E-state index in [0.717, 1.165) is 22.4 Å². The Bertz CT molecular complexity index is 1260. The van der Waals surface area contributed by atoms with Crippen molar-refractivity contribution < 1.29 is 19.1 Å². The average molecular weight is 501 g/mol. The Hall–Kier alpha value is -4.46. The zero-order valence-corrected chi connectivity index (χ0v) is 21.5. The third-order valence-corrected chi connectivity index (χ3v) is 5.42. The molecule has 0 fully saturated rings. The molecule has 0 spiro atoms. The first-order chi connectivity index (χ1) is 17.7. The van der Waals surface area contributed by atoms with Crippen molar-refractivity contribution in [1.29, 1.82) is 0 Å². The van der Waals surface area contributed by atoms with Gasteiger partial charge in [0, 0.05) is 12.2 Å². The van der Waals surface area contributed by atoms with Crippen LogP contribution < -0.4 is 20.8 Å². The van der Waals surface area contributed by atoms with E-state index < -0.39 is 11.8 Å². The number of nitrogens with zero attached hydrogens (tertiary/aromatic N) is 1. The number of carbonyl (C=O) groups is 3. The monoisotopic (exact) mass is 500 g/mol. The molecule has 3 aromatic rings. The molecule has 3 aromatic carbocycles. The summed E-state index contributed by atoms with van der Waals surface area (Å²) in [7, 11) is 0. The Morgan fingerprint density at radius 1 is 0.919 bits per heavy atom. The lowest BCUT2D eigenvalue weighted by molar-refractivity contribution is -0.139. The Labute approximate surface area is 217 Å². The van der Waals surface area contributed by atoms with Gasteiger partial charge in [0.2, 0.25) is 0 Å².